The lowest BCUT2D eigenvalue weighted by atomic mass is 9.80. The second-order valence-electron chi connectivity index (χ2n) is 5.94. The third-order valence-corrected chi connectivity index (χ3v) is 4.19. The largest absolute Gasteiger partial charge is 0.314 e. The minimum absolute atomic E-state index is 0.719. The molecule has 1 nitrogen and oxygen atoms in total. The van der Waals surface area contributed by atoms with Gasteiger partial charge in [0, 0.05) is 11.1 Å². The molecule has 0 amide bonds. The van der Waals surface area contributed by atoms with Gasteiger partial charge in [-0.3, -0.25) is 0 Å². The fourth-order valence-corrected chi connectivity index (χ4v) is 3.31. The summed E-state index contributed by atoms with van der Waals surface area (Å²) in [6.45, 7) is 5.83. The summed E-state index contributed by atoms with van der Waals surface area (Å²) in [6, 6.07) is 8.91. The second-order valence-corrected chi connectivity index (χ2v) is 6.38. The Morgan fingerprint density at radius 2 is 1.67 bits per heavy atom. The highest BCUT2D eigenvalue weighted by atomic mass is 35.5. The molecule has 2 rings (SSSR count). The van der Waals surface area contributed by atoms with Crippen molar-refractivity contribution in [1.29, 1.82) is 0 Å². The molecule has 0 heterocycles. The topological polar surface area (TPSA) is 12.0 Å². The first kappa shape index (κ1) is 13.9. The Morgan fingerprint density at radius 3 is 2.28 bits per heavy atom. The summed E-state index contributed by atoms with van der Waals surface area (Å²) < 4.78 is 0. The highest BCUT2D eigenvalue weighted by Gasteiger charge is 2.22. The molecule has 1 saturated carbocycles. The van der Waals surface area contributed by atoms with Gasteiger partial charge >= 0.3 is 0 Å². The summed E-state index contributed by atoms with van der Waals surface area (Å²) in [7, 11) is 0. The Hall–Kier alpha value is -0.530. The minimum Gasteiger partial charge on any atom is -0.314 e. The first-order valence-electron chi connectivity index (χ1n) is 7.11. The molecule has 2 unspecified atom stereocenters. The van der Waals surface area contributed by atoms with Gasteiger partial charge in [-0.2, -0.15) is 0 Å². The van der Waals surface area contributed by atoms with Crippen LogP contribution in [0.5, 0.6) is 0 Å². The fraction of sp³-hybridized carbons (Fsp3) is 0.625. The van der Waals surface area contributed by atoms with Crippen molar-refractivity contribution in [2.75, 3.05) is 6.54 Å². The van der Waals surface area contributed by atoms with Crippen LogP contribution in [0.15, 0.2) is 24.3 Å². The molecule has 0 spiro atoms. The van der Waals surface area contributed by atoms with E-state index in [1.54, 1.807) is 0 Å². The first-order valence-corrected chi connectivity index (χ1v) is 7.49. The van der Waals surface area contributed by atoms with Gasteiger partial charge in [-0.05, 0) is 61.8 Å². The number of hydrogen-bond donors (Lipinski definition) is 1. The quantitative estimate of drug-likeness (QED) is 0.856. The number of benzene rings is 1. The van der Waals surface area contributed by atoms with Gasteiger partial charge < -0.3 is 5.32 Å². The molecular weight excluding hydrogens is 242 g/mol. The highest BCUT2D eigenvalue weighted by molar-refractivity contribution is 6.30. The van der Waals surface area contributed by atoms with E-state index in [2.05, 4.69) is 31.3 Å². The predicted molar refractivity (Wildman–Crippen MR) is 79.1 cm³/mol. The van der Waals surface area contributed by atoms with E-state index < -0.39 is 0 Å². The van der Waals surface area contributed by atoms with Crippen molar-refractivity contribution in [3.8, 4) is 0 Å². The van der Waals surface area contributed by atoms with Crippen LogP contribution in [0.2, 0.25) is 5.02 Å². The van der Waals surface area contributed by atoms with Gasteiger partial charge in [0.25, 0.3) is 0 Å². The Bertz CT molecular complexity index is 350. The molecule has 0 radical (unpaired) electrons. The maximum atomic E-state index is 5.88. The minimum atomic E-state index is 0.719. The molecule has 0 bridgehead atoms. The van der Waals surface area contributed by atoms with Crippen LogP contribution in [-0.4, -0.2) is 12.6 Å². The van der Waals surface area contributed by atoms with Gasteiger partial charge in [0.05, 0.1) is 0 Å². The van der Waals surface area contributed by atoms with Crippen LogP contribution in [0, 0.1) is 11.8 Å². The Labute approximate surface area is 116 Å². The van der Waals surface area contributed by atoms with Crippen molar-refractivity contribution in [2.45, 2.75) is 45.6 Å². The molecule has 0 aromatic heterocycles. The lowest BCUT2D eigenvalue weighted by Crippen LogP contribution is -2.37. The average Bonchev–Trinajstić information content (AvgIpc) is 2.30. The molecule has 1 fully saturated rings. The summed E-state index contributed by atoms with van der Waals surface area (Å²) in [4.78, 5) is 0. The van der Waals surface area contributed by atoms with E-state index in [9.17, 15) is 0 Å². The Balaban J connectivity index is 1.73. The number of hydrogen-bond acceptors (Lipinski definition) is 1. The first-order chi connectivity index (χ1) is 8.63. The maximum Gasteiger partial charge on any atom is 0.0406 e. The summed E-state index contributed by atoms with van der Waals surface area (Å²) in [5, 5.41) is 4.53. The van der Waals surface area contributed by atoms with Gasteiger partial charge in [-0.15, -0.1) is 0 Å². The molecule has 1 aliphatic rings. The lowest BCUT2D eigenvalue weighted by Gasteiger charge is -2.32. The monoisotopic (exact) mass is 265 g/mol. The zero-order valence-electron chi connectivity index (χ0n) is 11.5. The molecule has 1 aliphatic carbocycles. The van der Waals surface area contributed by atoms with Crippen molar-refractivity contribution in [3.63, 3.8) is 0 Å². The van der Waals surface area contributed by atoms with E-state index in [4.69, 9.17) is 11.6 Å². The average molecular weight is 266 g/mol. The predicted octanol–water partition coefficient (Wildman–Crippen LogP) is 4.30. The van der Waals surface area contributed by atoms with Gasteiger partial charge in [0.15, 0.2) is 0 Å². The van der Waals surface area contributed by atoms with Crippen LogP contribution in [-0.2, 0) is 6.42 Å². The fourth-order valence-electron chi connectivity index (χ4n) is 3.19. The number of nitrogens with one attached hydrogen (secondary N) is 1. The van der Waals surface area contributed by atoms with Gasteiger partial charge in [0.2, 0.25) is 0 Å². The third kappa shape index (κ3) is 4.29. The molecule has 1 aromatic rings. The van der Waals surface area contributed by atoms with E-state index in [1.807, 2.05) is 12.1 Å². The smallest absolute Gasteiger partial charge is 0.0406 e. The van der Waals surface area contributed by atoms with E-state index >= 15 is 0 Å². The van der Waals surface area contributed by atoms with Gasteiger partial charge in [-0.25, -0.2) is 0 Å². The van der Waals surface area contributed by atoms with E-state index in [0.29, 0.717) is 0 Å². The molecule has 0 saturated heterocycles. The standard InChI is InChI=1S/C16H24ClN/c1-12-9-13(2)11-16(10-12)18-8-7-14-3-5-15(17)6-4-14/h3-6,12-13,16,18H,7-11H2,1-2H3. The van der Waals surface area contributed by atoms with Crippen LogP contribution in [0.3, 0.4) is 0 Å². The zero-order valence-corrected chi connectivity index (χ0v) is 12.2. The van der Waals surface area contributed by atoms with E-state index in [-0.39, 0.29) is 0 Å². The number of halogens is 1. The van der Waals surface area contributed by atoms with Gasteiger partial charge in [0.1, 0.15) is 0 Å². The Kier molecular flexibility index (Phi) is 5.08. The van der Waals surface area contributed by atoms with Crippen molar-refractivity contribution in [2.24, 2.45) is 11.8 Å². The zero-order chi connectivity index (χ0) is 13.0. The van der Waals surface area contributed by atoms with Gasteiger partial charge in [-0.1, -0.05) is 37.6 Å². The summed E-state index contributed by atoms with van der Waals surface area (Å²) in [5.74, 6) is 1.75. The molecule has 1 aromatic carbocycles. The van der Waals surface area contributed by atoms with Crippen molar-refractivity contribution in [3.05, 3.63) is 34.9 Å². The summed E-state index contributed by atoms with van der Waals surface area (Å²) in [6.07, 6.45) is 5.17. The molecule has 0 aliphatic heterocycles. The summed E-state index contributed by atoms with van der Waals surface area (Å²) in [5.41, 5.74) is 1.36. The summed E-state index contributed by atoms with van der Waals surface area (Å²) >= 11 is 5.88. The normalized spacial score (nSPS) is 28.3. The van der Waals surface area contributed by atoms with Crippen molar-refractivity contribution in [1.82, 2.24) is 5.32 Å². The van der Waals surface area contributed by atoms with Crippen LogP contribution in [0.4, 0.5) is 0 Å². The second kappa shape index (κ2) is 6.58. The molecule has 1 N–H and O–H groups in total. The molecule has 100 valence electrons. The lowest BCUT2D eigenvalue weighted by molar-refractivity contribution is 0.240. The van der Waals surface area contributed by atoms with Crippen LogP contribution in [0.25, 0.3) is 0 Å². The SMILES string of the molecule is CC1CC(C)CC(NCCc2ccc(Cl)cc2)C1. The van der Waals surface area contributed by atoms with Crippen LogP contribution < -0.4 is 5.32 Å². The molecule has 2 atom stereocenters. The molecule has 2 heteroatoms. The third-order valence-electron chi connectivity index (χ3n) is 3.94. The highest BCUT2D eigenvalue weighted by Crippen LogP contribution is 2.28. The number of rotatable bonds is 4. The van der Waals surface area contributed by atoms with Crippen molar-refractivity contribution >= 4 is 11.6 Å². The maximum absolute atomic E-state index is 5.88. The molecule has 18 heavy (non-hydrogen) atoms. The Morgan fingerprint density at radius 1 is 1.06 bits per heavy atom. The van der Waals surface area contributed by atoms with Crippen LogP contribution in [0.1, 0.15) is 38.7 Å². The molecular formula is C16H24ClN. The van der Waals surface area contributed by atoms with Crippen molar-refractivity contribution < 1.29 is 0 Å². The van der Waals surface area contributed by atoms with E-state index in [1.165, 1.54) is 24.8 Å². The van der Waals surface area contributed by atoms with Crippen LogP contribution >= 0.6 is 11.6 Å². The van der Waals surface area contributed by atoms with E-state index in [0.717, 1.165) is 35.9 Å².